The number of hydrogen-bond acceptors (Lipinski definition) is 7. The van der Waals surface area contributed by atoms with E-state index in [9.17, 15) is 32.0 Å². The number of carbonyl (C=O) groups is 4. The number of H-pyrrole nitrogens is 1. The number of halogens is 1. The molecule has 2 heterocycles. The van der Waals surface area contributed by atoms with E-state index in [1.807, 2.05) is 4.72 Å². The molecule has 14 heteroatoms. The molecule has 3 fully saturated rings. The molecule has 5 rings (SSSR count). The molecule has 1 saturated heterocycles. The Morgan fingerprint density at radius 2 is 1.69 bits per heavy atom. The largest absolute Gasteiger partial charge is 0.444 e. The number of rotatable bonds is 9. The highest BCUT2D eigenvalue weighted by atomic mass is 32.2. The van der Waals surface area contributed by atoms with E-state index in [1.165, 1.54) is 12.5 Å². The van der Waals surface area contributed by atoms with Crippen LogP contribution in [0.3, 0.4) is 0 Å². The topological polar surface area (TPSA) is 167 Å². The van der Waals surface area contributed by atoms with E-state index >= 15 is 0 Å². The lowest BCUT2D eigenvalue weighted by Crippen LogP contribution is -2.50. The molecule has 2 aliphatic carbocycles. The van der Waals surface area contributed by atoms with Gasteiger partial charge in [0.1, 0.15) is 24.0 Å². The van der Waals surface area contributed by atoms with E-state index in [4.69, 9.17) is 4.74 Å². The van der Waals surface area contributed by atoms with Gasteiger partial charge in [0, 0.05) is 29.1 Å². The Balaban J connectivity index is 1.28. The highest BCUT2D eigenvalue weighted by Gasteiger charge is 2.47. The van der Waals surface area contributed by atoms with Gasteiger partial charge >= 0.3 is 6.09 Å². The molecule has 0 radical (unpaired) electrons. The molecule has 1 aliphatic heterocycles. The van der Waals surface area contributed by atoms with Crippen molar-refractivity contribution in [2.45, 2.75) is 103 Å². The number of aromatic nitrogens is 1. The van der Waals surface area contributed by atoms with Crippen molar-refractivity contribution >= 4 is 50.4 Å². The molecule has 0 unspecified atom stereocenters. The molecule has 12 nitrogen and oxygen atoms in total. The number of alkyl halides is 1. The number of fused-ring (bicyclic) bond motifs is 1. The van der Waals surface area contributed by atoms with Gasteiger partial charge in [-0.2, -0.15) is 0 Å². The van der Waals surface area contributed by atoms with Crippen LogP contribution in [-0.2, 0) is 24.3 Å². The molecule has 0 spiro atoms. The van der Waals surface area contributed by atoms with Crippen molar-refractivity contribution in [1.82, 2.24) is 19.9 Å². The Hall–Kier alpha value is -3.68. The number of benzene rings is 1. The minimum absolute atomic E-state index is 0.0387. The molecular formula is C35H50FN5O7S. The van der Waals surface area contributed by atoms with Crippen molar-refractivity contribution in [3.8, 4) is 0 Å². The molecule has 49 heavy (non-hydrogen) atoms. The minimum atomic E-state index is -3.74. The second-order valence-corrected chi connectivity index (χ2v) is 16.8. The molecule has 3 atom stereocenters. The van der Waals surface area contributed by atoms with Gasteiger partial charge in [-0.25, -0.2) is 22.3 Å². The number of anilines is 1. The van der Waals surface area contributed by atoms with Crippen LogP contribution in [0.15, 0.2) is 24.3 Å². The van der Waals surface area contributed by atoms with E-state index in [-0.39, 0.29) is 35.3 Å². The van der Waals surface area contributed by atoms with Gasteiger partial charge in [-0.15, -0.1) is 0 Å². The quantitative estimate of drug-likeness (QED) is 0.276. The fraction of sp³-hybridized carbons (Fsp3) is 0.657. The smallest absolute Gasteiger partial charge is 0.407 e. The van der Waals surface area contributed by atoms with Crippen molar-refractivity contribution in [2.75, 3.05) is 24.8 Å². The molecule has 4 N–H and O–H groups in total. The second kappa shape index (κ2) is 15.1. The lowest BCUT2D eigenvalue weighted by Gasteiger charge is -2.37. The third-order valence-corrected chi connectivity index (χ3v) is 10.8. The van der Waals surface area contributed by atoms with Crippen molar-refractivity contribution in [1.29, 1.82) is 0 Å². The second-order valence-electron chi connectivity index (χ2n) is 15.0. The number of nitrogens with zero attached hydrogens (tertiary/aromatic N) is 1. The van der Waals surface area contributed by atoms with Crippen molar-refractivity contribution < 1.29 is 36.7 Å². The number of alkyl carbamates (subject to hydrolysis) is 1. The normalized spacial score (nSPS) is 24.3. The maximum atomic E-state index is 14.1. The summed E-state index contributed by atoms with van der Waals surface area (Å²) in [5.41, 5.74) is 0.480. The Labute approximate surface area is 287 Å². The molecule has 2 aromatic rings. The average molecular weight is 704 g/mol. The fourth-order valence-electron chi connectivity index (χ4n) is 7.97. The standard InChI is InChI=1S/C35H50FN5O7S/c1-35(2,3)48-34(45)39-29(20-36)22-10-12-23(13-11-22)33(44)41-17-16-26(21-8-6-5-7-9-21)30(41)32(43)37-25-14-15-27-24(18-25)19-28(38-27)31(42)40-49(4,46)47/h14-15,18-19,21-23,26,29-30,38H,5-13,16-17,20H2,1-4H3,(H,37,43)(H,39,45)(H,40,42)/t22-,23-,26-,29+,30-/m0/s1. The number of amides is 4. The number of aromatic amines is 1. The zero-order valence-electron chi connectivity index (χ0n) is 28.8. The predicted octanol–water partition coefficient (Wildman–Crippen LogP) is 5.26. The zero-order valence-corrected chi connectivity index (χ0v) is 29.7. The summed E-state index contributed by atoms with van der Waals surface area (Å²) >= 11 is 0. The molecule has 3 aliphatic rings. The summed E-state index contributed by atoms with van der Waals surface area (Å²) in [5, 5.41) is 6.33. The summed E-state index contributed by atoms with van der Waals surface area (Å²) in [6, 6.07) is 5.34. The first-order chi connectivity index (χ1) is 23.1. The first kappa shape index (κ1) is 36.6. The fourth-order valence-corrected chi connectivity index (χ4v) is 8.42. The Morgan fingerprint density at radius 1 is 1.00 bits per heavy atom. The highest BCUT2D eigenvalue weighted by Crippen LogP contribution is 2.41. The van der Waals surface area contributed by atoms with Crippen LogP contribution in [0.1, 0.15) is 95.5 Å². The summed E-state index contributed by atoms with van der Waals surface area (Å²) in [6.45, 7) is 5.04. The monoisotopic (exact) mass is 703 g/mol. The predicted molar refractivity (Wildman–Crippen MR) is 184 cm³/mol. The number of sulfonamides is 1. The van der Waals surface area contributed by atoms with Crippen LogP contribution in [-0.4, -0.2) is 79.3 Å². The SMILES string of the molecule is CC(C)(C)OC(=O)N[C@H](CF)[C@H]1CC[C@H](C(=O)N2CC[C@@H](C3CCCCC3)[C@H]2C(=O)Nc2ccc3[nH]c(C(=O)NS(C)(=O)=O)cc3c2)CC1. The zero-order chi connectivity index (χ0) is 35.5. The molecule has 4 amide bonds. The van der Waals surface area contributed by atoms with Gasteiger partial charge in [0.25, 0.3) is 5.91 Å². The average Bonchev–Trinajstić information content (AvgIpc) is 3.67. The molecule has 1 aromatic heterocycles. The maximum absolute atomic E-state index is 14.1. The minimum Gasteiger partial charge on any atom is -0.444 e. The summed E-state index contributed by atoms with van der Waals surface area (Å²) in [7, 11) is -3.74. The highest BCUT2D eigenvalue weighted by molar-refractivity contribution is 7.89. The van der Waals surface area contributed by atoms with E-state index in [2.05, 4.69) is 15.6 Å². The van der Waals surface area contributed by atoms with Gasteiger partial charge in [0.15, 0.2) is 0 Å². The summed E-state index contributed by atoms with van der Waals surface area (Å²) < 4.78 is 44.3. The lowest BCUT2D eigenvalue weighted by atomic mass is 9.76. The van der Waals surface area contributed by atoms with Crippen molar-refractivity contribution in [2.24, 2.45) is 23.7 Å². The Kier molecular flexibility index (Phi) is 11.2. The first-order valence-corrected chi connectivity index (χ1v) is 19.3. The van der Waals surface area contributed by atoms with Gasteiger partial charge in [0.2, 0.25) is 21.8 Å². The van der Waals surface area contributed by atoms with Crippen LogP contribution < -0.4 is 15.4 Å². The third kappa shape index (κ3) is 9.31. The van der Waals surface area contributed by atoms with Gasteiger partial charge in [-0.3, -0.25) is 14.4 Å². The molecule has 1 aromatic carbocycles. The van der Waals surface area contributed by atoms with Gasteiger partial charge in [-0.05, 0) is 94.9 Å². The number of hydrogen-bond donors (Lipinski definition) is 4. The third-order valence-electron chi connectivity index (χ3n) is 10.2. The molecular weight excluding hydrogens is 653 g/mol. The van der Waals surface area contributed by atoms with Crippen molar-refractivity contribution in [3.63, 3.8) is 0 Å². The Morgan fingerprint density at radius 3 is 2.33 bits per heavy atom. The van der Waals surface area contributed by atoms with E-state index in [0.717, 1.165) is 38.4 Å². The van der Waals surface area contributed by atoms with Gasteiger partial charge in [0.05, 0.1) is 12.3 Å². The molecule has 270 valence electrons. The number of carbonyl (C=O) groups excluding carboxylic acids is 4. The first-order valence-electron chi connectivity index (χ1n) is 17.4. The molecule has 2 saturated carbocycles. The summed E-state index contributed by atoms with van der Waals surface area (Å²) in [6.07, 6.45) is 8.73. The van der Waals surface area contributed by atoms with Crippen LogP contribution in [0.5, 0.6) is 0 Å². The van der Waals surface area contributed by atoms with Crippen LogP contribution >= 0.6 is 0 Å². The molecule has 0 bridgehead atoms. The van der Waals surface area contributed by atoms with E-state index in [1.54, 1.807) is 43.9 Å². The Bertz CT molecular complexity index is 1640. The van der Waals surface area contributed by atoms with Crippen molar-refractivity contribution in [3.05, 3.63) is 30.0 Å². The number of ether oxygens (including phenoxy) is 1. The number of likely N-dealkylation sites (tertiary alicyclic amines) is 1. The van der Waals surface area contributed by atoms with Crippen LogP contribution in [0.2, 0.25) is 0 Å². The van der Waals surface area contributed by atoms with Gasteiger partial charge in [-0.1, -0.05) is 32.1 Å². The number of nitrogens with one attached hydrogen (secondary N) is 4. The lowest BCUT2D eigenvalue weighted by molar-refractivity contribution is -0.142. The van der Waals surface area contributed by atoms with E-state index in [0.29, 0.717) is 54.7 Å². The van der Waals surface area contributed by atoms with Crippen LogP contribution in [0, 0.1) is 23.7 Å². The van der Waals surface area contributed by atoms with Crippen LogP contribution in [0.4, 0.5) is 14.9 Å². The summed E-state index contributed by atoms with van der Waals surface area (Å²) in [4.78, 5) is 57.6. The van der Waals surface area contributed by atoms with E-state index < -0.39 is 46.4 Å². The maximum Gasteiger partial charge on any atom is 0.407 e. The van der Waals surface area contributed by atoms with Gasteiger partial charge < -0.3 is 25.3 Å². The summed E-state index contributed by atoms with van der Waals surface area (Å²) in [5.74, 6) is -1.09. The van der Waals surface area contributed by atoms with Crippen LogP contribution in [0.25, 0.3) is 10.9 Å².